The molecule has 0 radical (unpaired) electrons. The Labute approximate surface area is 117 Å². The van der Waals surface area contributed by atoms with Crippen LogP contribution in [0.2, 0.25) is 0 Å². The van der Waals surface area contributed by atoms with Crippen molar-refractivity contribution in [3.8, 4) is 0 Å². The minimum atomic E-state index is -0.398. The highest BCUT2D eigenvalue weighted by atomic mass is 32.1. The van der Waals surface area contributed by atoms with Gasteiger partial charge in [-0.15, -0.1) is 11.3 Å². The van der Waals surface area contributed by atoms with E-state index in [9.17, 15) is 9.90 Å². The number of amides is 1. The van der Waals surface area contributed by atoms with Crippen LogP contribution in [0.25, 0.3) is 0 Å². The van der Waals surface area contributed by atoms with E-state index < -0.39 is 6.10 Å². The number of carbonyl (C=O) groups is 1. The average molecular weight is 283 g/mol. The molecule has 1 unspecified atom stereocenters. The summed E-state index contributed by atoms with van der Waals surface area (Å²) in [5, 5.41) is 14.7. The predicted octanol–water partition coefficient (Wildman–Crippen LogP) is 0.145. The van der Waals surface area contributed by atoms with E-state index in [0.717, 1.165) is 31.1 Å². The van der Waals surface area contributed by atoms with Gasteiger partial charge in [0.1, 0.15) is 6.10 Å². The summed E-state index contributed by atoms with van der Waals surface area (Å²) in [6.45, 7) is 4.71. The Kier molecular flexibility index (Phi) is 5.33. The monoisotopic (exact) mass is 283 g/mol. The summed E-state index contributed by atoms with van der Waals surface area (Å²) < 4.78 is 0. The first-order chi connectivity index (χ1) is 9.19. The van der Waals surface area contributed by atoms with Crippen LogP contribution in [0.1, 0.15) is 11.0 Å². The molecule has 19 heavy (non-hydrogen) atoms. The molecule has 1 aliphatic rings. The predicted molar refractivity (Wildman–Crippen MR) is 76.2 cm³/mol. The van der Waals surface area contributed by atoms with Crippen LogP contribution >= 0.6 is 11.3 Å². The summed E-state index contributed by atoms with van der Waals surface area (Å²) in [5.74, 6) is 0.0621. The minimum absolute atomic E-state index is 0.0621. The Morgan fingerprint density at radius 3 is 2.68 bits per heavy atom. The maximum Gasteiger partial charge on any atom is 0.233 e. The van der Waals surface area contributed by atoms with Crippen molar-refractivity contribution in [2.24, 2.45) is 0 Å². The first kappa shape index (κ1) is 14.5. The Morgan fingerprint density at radius 1 is 1.42 bits per heavy atom. The zero-order chi connectivity index (χ0) is 13.7. The van der Waals surface area contributed by atoms with Gasteiger partial charge in [-0.2, -0.15) is 0 Å². The number of β-amino-alcohol motifs (C(OH)–C–C–N with tert-alkyl or cyclic N) is 1. The second-order valence-corrected chi connectivity index (χ2v) is 5.76. The second-order valence-electron chi connectivity index (χ2n) is 4.78. The molecule has 1 aliphatic heterocycles. The van der Waals surface area contributed by atoms with Gasteiger partial charge in [-0.3, -0.25) is 14.6 Å². The molecule has 2 heterocycles. The molecule has 1 fully saturated rings. The molecule has 0 bridgehead atoms. The fourth-order valence-corrected chi connectivity index (χ4v) is 2.93. The average Bonchev–Trinajstić information content (AvgIpc) is 2.95. The number of hydrogen-bond acceptors (Lipinski definition) is 5. The number of hydrogen-bond donors (Lipinski definition) is 2. The zero-order valence-electron chi connectivity index (χ0n) is 11.2. The molecule has 1 aromatic rings. The van der Waals surface area contributed by atoms with Gasteiger partial charge in [0.15, 0.2) is 0 Å². The topological polar surface area (TPSA) is 55.8 Å². The lowest BCUT2D eigenvalue weighted by atomic mass is 10.2. The van der Waals surface area contributed by atoms with Crippen molar-refractivity contribution >= 4 is 17.2 Å². The molecule has 0 spiro atoms. The first-order valence-electron chi connectivity index (χ1n) is 6.56. The molecule has 6 heteroatoms. The zero-order valence-corrected chi connectivity index (χ0v) is 12.0. The van der Waals surface area contributed by atoms with E-state index >= 15 is 0 Å². The van der Waals surface area contributed by atoms with Crippen LogP contribution in [-0.4, -0.2) is 67.1 Å². The van der Waals surface area contributed by atoms with Gasteiger partial charge in [-0.25, -0.2) is 0 Å². The van der Waals surface area contributed by atoms with E-state index in [1.54, 1.807) is 18.4 Å². The van der Waals surface area contributed by atoms with Crippen LogP contribution in [0.5, 0.6) is 0 Å². The molecule has 5 nitrogen and oxygen atoms in total. The molecule has 0 saturated carbocycles. The minimum Gasteiger partial charge on any atom is -0.386 e. The third-order valence-corrected chi connectivity index (χ3v) is 4.39. The fourth-order valence-electron chi connectivity index (χ4n) is 2.23. The summed E-state index contributed by atoms with van der Waals surface area (Å²) in [5.41, 5.74) is 0. The highest BCUT2D eigenvalue weighted by molar-refractivity contribution is 7.10. The Hall–Kier alpha value is -0.950. The van der Waals surface area contributed by atoms with E-state index in [2.05, 4.69) is 15.1 Å². The molecular weight excluding hydrogens is 262 g/mol. The highest BCUT2D eigenvalue weighted by Crippen LogP contribution is 2.20. The molecule has 1 saturated heterocycles. The van der Waals surface area contributed by atoms with Crippen molar-refractivity contribution in [1.82, 2.24) is 15.1 Å². The van der Waals surface area contributed by atoms with Crippen molar-refractivity contribution in [2.75, 3.05) is 46.3 Å². The third kappa shape index (κ3) is 4.28. The standard InChI is InChI=1S/C13H21N3O2S/c1-14-13(18)10-16-6-4-15(5-7-16)9-11(17)12-3-2-8-19-12/h2-3,8,11,17H,4-7,9-10H2,1H3,(H,14,18). The lowest BCUT2D eigenvalue weighted by Crippen LogP contribution is -2.49. The number of aliphatic hydroxyl groups excluding tert-OH is 1. The van der Waals surface area contributed by atoms with Gasteiger partial charge < -0.3 is 10.4 Å². The summed E-state index contributed by atoms with van der Waals surface area (Å²) in [7, 11) is 1.66. The maximum atomic E-state index is 11.3. The van der Waals surface area contributed by atoms with Crippen LogP contribution in [0.15, 0.2) is 17.5 Å². The van der Waals surface area contributed by atoms with Gasteiger partial charge in [0.05, 0.1) is 6.54 Å². The normalized spacial score (nSPS) is 19.3. The van der Waals surface area contributed by atoms with Crippen molar-refractivity contribution < 1.29 is 9.90 Å². The van der Waals surface area contributed by atoms with Crippen LogP contribution in [0, 0.1) is 0 Å². The van der Waals surface area contributed by atoms with Crippen LogP contribution in [0.4, 0.5) is 0 Å². The lowest BCUT2D eigenvalue weighted by Gasteiger charge is -2.35. The smallest absolute Gasteiger partial charge is 0.233 e. The van der Waals surface area contributed by atoms with Crippen LogP contribution in [0.3, 0.4) is 0 Å². The van der Waals surface area contributed by atoms with E-state index in [1.165, 1.54) is 0 Å². The van der Waals surface area contributed by atoms with Crippen molar-refractivity contribution in [3.05, 3.63) is 22.4 Å². The molecule has 0 aromatic carbocycles. The van der Waals surface area contributed by atoms with Gasteiger partial charge in [-0.1, -0.05) is 6.07 Å². The van der Waals surface area contributed by atoms with Gasteiger partial charge in [0, 0.05) is 44.6 Å². The number of likely N-dealkylation sites (N-methyl/N-ethyl adjacent to an activating group) is 1. The van der Waals surface area contributed by atoms with Gasteiger partial charge in [-0.05, 0) is 11.4 Å². The van der Waals surface area contributed by atoms with Crippen molar-refractivity contribution in [2.45, 2.75) is 6.10 Å². The Balaban J connectivity index is 1.73. The maximum absolute atomic E-state index is 11.3. The van der Waals surface area contributed by atoms with Gasteiger partial charge in [0.25, 0.3) is 0 Å². The number of nitrogens with zero attached hydrogens (tertiary/aromatic N) is 2. The molecule has 2 N–H and O–H groups in total. The van der Waals surface area contributed by atoms with E-state index in [1.807, 2.05) is 17.5 Å². The number of carbonyl (C=O) groups excluding carboxylic acids is 1. The molecular formula is C13H21N3O2S. The Bertz CT molecular complexity index is 389. The molecule has 1 amide bonds. The first-order valence-corrected chi connectivity index (χ1v) is 7.43. The quantitative estimate of drug-likeness (QED) is 0.807. The molecule has 2 rings (SSSR count). The second kappa shape index (κ2) is 7.00. The molecule has 106 valence electrons. The largest absolute Gasteiger partial charge is 0.386 e. The molecule has 1 atom stereocenters. The van der Waals surface area contributed by atoms with E-state index in [0.29, 0.717) is 13.1 Å². The van der Waals surface area contributed by atoms with Gasteiger partial charge in [0.2, 0.25) is 5.91 Å². The van der Waals surface area contributed by atoms with E-state index in [-0.39, 0.29) is 5.91 Å². The number of rotatable bonds is 5. The summed E-state index contributed by atoms with van der Waals surface area (Å²) in [4.78, 5) is 16.7. The lowest BCUT2D eigenvalue weighted by molar-refractivity contribution is -0.122. The van der Waals surface area contributed by atoms with Crippen LogP contribution < -0.4 is 5.32 Å². The van der Waals surface area contributed by atoms with Crippen molar-refractivity contribution in [1.29, 1.82) is 0 Å². The summed E-state index contributed by atoms with van der Waals surface area (Å²) in [6.07, 6.45) is -0.398. The highest BCUT2D eigenvalue weighted by Gasteiger charge is 2.21. The number of piperazine rings is 1. The van der Waals surface area contributed by atoms with Crippen LogP contribution in [-0.2, 0) is 4.79 Å². The molecule has 1 aromatic heterocycles. The van der Waals surface area contributed by atoms with E-state index in [4.69, 9.17) is 0 Å². The number of aliphatic hydroxyl groups is 1. The van der Waals surface area contributed by atoms with Gasteiger partial charge >= 0.3 is 0 Å². The van der Waals surface area contributed by atoms with Crippen molar-refractivity contribution in [3.63, 3.8) is 0 Å². The summed E-state index contributed by atoms with van der Waals surface area (Å²) in [6, 6.07) is 3.93. The SMILES string of the molecule is CNC(=O)CN1CCN(CC(O)c2cccs2)CC1. The Morgan fingerprint density at radius 2 is 2.11 bits per heavy atom. The molecule has 0 aliphatic carbocycles. The summed E-state index contributed by atoms with van der Waals surface area (Å²) >= 11 is 1.59. The third-order valence-electron chi connectivity index (χ3n) is 3.41. The fraction of sp³-hybridized carbons (Fsp3) is 0.615. The number of thiophene rings is 1. The number of nitrogens with one attached hydrogen (secondary N) is 1.